The fraction of sp³-hybridized carbons (Fsp3) is 0.667. The summed E-state index contributed by atoms with van der Waals surface area (Å²) in [5.41, 5.74) is 0.0648. The zero-order valence-electron chi connectivity index (χ0n) is 7.50. The number of thiazole rings is 1. The fourth-order valence-electron chi connectivity index (χ4n) is 1.33. The summed E-state index contributed by atoms with van der Waals surface area (Å²) in [5, 5.41) is 6.80. The minimum Gasteiger partial charge on any atom is -0.303 e. The maximum absolute atomic E-state index is 4.32. The molecule has 0 spiro atoms. The van der Waals surface area contributed by atoms with E-state index in [0.717, 1.165) is 6.04 Å². The maximum Gasteiger partial charge on any atom is 0.112 e. The van der Waals surface area contributed by atoms with Gasteiger partial charge in [0.25, 0.3) is 0 Å². The SMILES string of the molecule is CC(C)(NC1CC1)c1nccs1. The summed E-state index contributed by atoms with van der Waals surface area (Å²) < 4.78 is 0. The first-order valence-electron chi connectivity index (χ1n) is 4.36. The van der Waals surface area contributed by atoms with Gasteiger partial charge in [-0.25, -0.2) is 4.98 Å². The van der Waals surface area contributed by atoms with Gasteiger partial charge in [0.2, 0.25) is 0 Å². The Morgan fingerprint density at radius 3 is 2.83 bits per heavy atom. The lowest BCUT2D eigenvalue weighted by Gasteiger charge is -2.23. The van der Waals surface area contributed by atoms with Gasteiger partial charge in [0.05, 0.1) is 5.54 Å². The highest BCUT2D eigenvalue weighted by atomic mass is 32.1. The Balaban J connectivity index is 2.08. The molecule has 0 amide bonds. The van der Waals surface area contributed by atoms with Crippen molar-refractivity contribution >= 4 is 11.3 Å². The second-order valence-corrected chi connectivity index (χ2v) is 4.78. The van der Waals surface area contributed by atoms with Crippen LogP contribution in [-0.4, -0.2) is 11.0 Å². The molecule has 0 atom stereocenters. The van der Waals surface area contributed by atoms with Crippen molar-refractivity contribution in [2.45, 2.75) is 38.3 Å². The molecule has 1 fully saturated rings. The second-order valence-electron chi connectivity index (χ2n) is 3.88. The van der Waals surface area contributed by atoms with Crippen molar-refractivity contribution in [2.24, 2.45) is 0 Å². The van der Waals surface area contributed by atoms with Crippen LogP contribution in [0.3, 0.4) is 0 Å². The molecule has 66 valence electrons. The fourth-order valence-corrected chi connectivity index (χ4v) is 2.06. The van der Waals surface area contributed by atoms with Crippen LogP contribution in [0.5, 0.6) is 0 Å². The molecule has 2 rings (SSSR count). The molecule has 0 aromatic carbocycles. The average Bonchev–Trinajstić information content (AvgIpc) is 2.67. The van der Waals surface area contributed by atoms with E-state index in [0.29, 0.717) is 0 Å². The highest BCUT2D eigenvalue weighted by molar-refractivity contribution is 7.09. The van der Waals surface area contributed by atoms with Gasteiger partial charge < -0.3 is 5.32 Å². The van der Waals surface area contributed by atoms with E-state index in [9.17, 15) is 0 Å². The predicted molar refractivity (Wildman–Crippen MR) is 51.3 cm³/mol. The van der Waals surface area contributed by atoms with Crippen molar-refractivity contribution in [1.29, 1.82) is 0 Å². The molecule has 1 heterocycles. The minimum absolute atomic E-state index is 0.0648. The van der Waals surface area contributed by atoms with Gasteiger partial charge in [0.15, 0.2) is 0 Å². The van der Waals surface area contributed by atoms with E-state index in [4.69, 9.17) is 0 Å². The molecule has 3 heteroatoms. The Kier molecular flexibility index (Phi) is 1.93. The van der Waals surface area contributed by atoms with Gasteiger partial charge in [-0.1, -0.05) is 0 Å². The molecule has 0 unspecified atom stereocenters. The first-order valence-corrected chi connectivity index (χ1v) is 5.24. The predicted octanol–water partition coefficient (Wildman–Crippen LogP) is 2.13. The van der Waals surface area contributed by atoms with Crippen LogP contribution < -0.4 is 5.32 Å². The Hall–Kier alpha value is -0.410. The lowest BCUT2D eigenvalue weighted by atomic mass is 10.1. The largest absolute Gasteiger partial charge is 0.303 e. The molecule has 1 aliphatic rings. The van der Waals surface area contributed by atoms with Crippen molar-refractivity contribution in [3.63, 3.8) is 0 Å². The van der Waals surface area contributed by atoms with Gasteiger partial charge in [-0.2, -0.15) is 0 Å². The van der Waals surface area contributed by atoms with Gasteiger partial charge in [-0.3, -0.25) is 0 Å². The van der Waals surface area contributed by atoms with Crippen molar-refractivity contribution in [2.75, 3.05) is 0 Å². The zero-order chi connectivity index (χ0) is 8.60. The molecule has 1 aliphatic carbocycles. The van der Waals surface area contributed by atoms with Crippen molar-refractivity contribution < 1.29 is 0 Å². The van der Waals surface area contributed by atoms with E-state index >= 15 is 0 Å². The smallest absolute Gasteiger partial charge is 0.112 e. The lowest BCUT2D eigenvalue weighted by molar-refractivity contribution is 0.398. The second kappa shape index (κ2) is 2.82. The van der Waals surface area contributed by atoms with Crippen LogP contribution in [-0.2, 0) is 5.54 Å². The number of nitrogens with one attached hydrogen (secondary N) is 1. The van der Waals surface area contributed by atoms with E-state index in [1.54, 1.807) is 11.3 Å². The first kappa shape index (κ1) is 8.20. The van der Waals surface area contributed by atoms with Crippen molar-refractivity contribution in [3.8, 4) is 0 Å². The first-order chi connectivity index (χ1) is 5.68. The lowest BCUT2D eigenvalue weighted by Crippen LogP contribution is -2.37. The van der Waals surface area contributed by atoms with Gasteiger partial charge in [-0.05, 0) is 26.7 Å². The Morgan fingerprint density at radius 2 is 2.33 bits per heavy atom. The minimum atomic E-state index is 0.0648. The Bertz CT molecular complexity index is 250. The van der Waals surface area contributed by atoms with Gasteiger partial charge in [-0.15, -0.1) is 11.3 Å². The van der Waals surface area contributed by atoms with Crippen LogP contribution in [0.15, 0.2) is 11.6 Å². The number of hydrogen-bond acceptors (Lipinski definition) is 3. The van der Waals surface area contributed by atoms with Crippen LogP contribution >= 0.6 is 11.3 Å². The summed E-state index contributed by atoms with van der Waals surface area (Å²) in [6, 6.07) is 0.740. The van der Waals surface area contributed by atoms with Crippen LogP contribution in [0.1, 0.15) is 31.7 Å². The van der Waals surface area contributed by atoms with Crippen LogP contribution in [0.2, 0.25) is 0 Å². The molecule has 0 saturated heterocycles. The maximum atomic E-state index is 4.32. The quantitative estimate of drug-likeness (QED) is 0.774. The molecule has 2 nitrogen and oxygen atoms in total. The molecule has 1 saturated carbocycles. The number of hydrogen-bond donors (Lipinski definition) is 1. The molecule has 12 heavy (non-hydrogen) atoms. The third-order valence-corrected chi connectivity index (χ3v) is 3.21. The molecule has 1 aromatic heterocycles. The summed E-state index contributed by atoms with van der Waals surface area (Å²) >= 11 is 1.73. The zero-order valence-corrected chi connectivity index (χ0v) is 8.32. The molecule has 0 bridgehead atoms. The Morgan fingerprint density at radius 1 is 1.58 bits per heavy atom. The molecule has 1 N–H and O–H groups in total. The van der Waals surface area contributed by atoms with E-state index in [1.165, 1.54) is 17.8 Å². The van der Waals surface area contributed by atoms with Crippen LogP contribution in [0.4, 0.5) is 0 Å². The van der Waals surface area contributed by atoms with E-state index in [-0.39, 0.29) is 5.54 Å². The molecule has 0 aliphatic heterocycles. The monoisotopic (exact) mass is 182 g/mol. The van der Waals surface area contributed by atoms with Crippen LogP contribution in [0, 0.1) is 0 Å². The summed E-state index contributed by atoms with van der Waals surface area (Å²) in [4.78, 5) is 4.32. The highest BCUT2D eigenvalue weighted by Crippen LogP contribution is 2.28. The molecule has 0 radical (unpaired) electrons. The van der Waals surface area contributed by atoms with Crippen molar-refractivity contribution in [3.05, 3.63) is 16.6 Å². The van der Waals surface area contributed by atoms with Crippen LogP contribution in [0.25, 0.3) is 0 Å². The standard InChI is InChI=1S/C9H14N2S/c1-9(2,11-7-3-4-7)8-10-5-6-12-8/h5-7,11H,3-4H2,1-2H3. The van der Waals surface area contributed by atoms with Crippen molar-refractivity contribution in [1.82, 2.24) is 10.3 Å². The average molecular weight is 182 g/mol. The molecular weight excluding hydrogens is 168 g/mol. The number of aromatic nitrogens is 1. The van der Waals surface area contributed by atoms with Gasteiger partial charge >= 0.3 is 0 Å². The molecular formula is C9H14N2S. The summed E-state index contributed by atoms with van der Waals surface area (Å²) in [5.74, 6) is 0. The van der Waals surface area contributed by atoms with E-state index < -0.39 is 0 Å². The normalized spacial score (nSPS) is 18.2. The third-order valence-electron chi connectivity index (χ3n) is 2.11. The number of rotatable bonds is 3. The van der Waals surface area contributed by atoms with Gasteiger partial charge in [0.1, 0.15) is 5.01 Å². The van der Waals surface area contributed by atoms with E-state index in [2.05, 4.69) is 24.1 Å². The number of nitrogens with zero attached hydrogens (tertiary/aromatic N) is 1. The summed E-state index contributed by atoms with van der Waals surface area (Å²) in [6.45, 7) is 4.40. The third kappa shape index (κ3) is 1.67. The Labute approximate surface area is 77.0 Å². The summed E-state index contributed by atoms with van der Waals surface area (Å²) in [7, 11) is 0. The summed E-state index contributed by atoms with van der Waals surface area (Å²) in [6.07, 6.45) is 4.53. The molecule has 1 aromatic rings. The topological polar surface area (TPSA) is 24.9 Å². The van der Waals surface area contributed by atoms with Gasteiger partial charge in [0, 0.05) is 17.6 Å². The van der Waals surface area contributed by atoms with E-state index in [1.807, 2.05) is 11.6 Å². The highest BCUT2D eigenvalue weighted by Gasteiger charge is 2.31.